The number of carbonyl (C=O) groups is 1. The fourth-order valence-electron chi connectivity index (χ4n) is 3.05. The van der Waals surface area contributed by atoms with Gasteiger partial charge in [0.05, 0.1) is 29.7 Å². The summed E-state index contributed by atoms with van der Waals surface area (Å²) in [5.41, 5.74) is 1.49. The predicted molar refractivity (Wildman–Crippen MR) is 98.3 cm³/mol. The Bertz CT molecular complexity index is 799. The summed E-state index contributed by atoms with van der Waals surface area (Å²) in [5.74, 6) is -0.314. The molecule has 8 heteroatoms. The van der Waals surface area contributed by atoms with Crippen LogP contribution in [0, 0.1) is 17.2 Å². The molecule has 0 bridgehead atoms. The largest absolute Gasteiger partial charge is 0.325 e. The number of aromatic nitrogens is 2. The molecule has 26 heavy (non-hydrogen) atoms. The zero-order chi connectivity index (χ0) is 18.6. The first-order chi connectivity index (χ1) is 12.5. The average Bonchev–Trinajstić information content (AvgIpc) is 2.69. The standard InChI is InChI=1S/C18H18FN5OS/c19-18(26,14-3-1-13(11-20)2-4-14)15-6-9-24(10-7-15)17(25)23-16-5-8-21-22-12-16/h1-5,8,12,15,26H,6-7,9-10H2,(H,21,23,25). The number of rotatable bonds is 3. The van der Waals surface area contributed by atoms with Crippen molar-refractivity contribution in [2.75, 3.05) is 18.4 Å². The summed E-state index contributed by atoms with van der Waals surface area (Å²) in [5, 5.41) is 17.2. The van der Waals surface area contributed by atoms with E-state index in [-0.39, 0.29) is 11.9 Å². The summed E-state index contributed by atoms with van der Waals surface area (Å²) in [6.07, 6.45) is 3.97. The van der Waals surface area contributed by atoms with Gasteiger partial charge in [-0.3, -0.25) is 0 Å². The van der Waals surface area contributed by atoms with Crippen LogP contribution >= 0.6 is 12.6 Å². The molecule has 2 heterocycles. The van der Waals surface area contributed by atoms with Crippen molar-refractivity contribution in [2.24, 2.45) is 5.92 Å². The van der Waals surface area contributed by atoms with Gasteiger partial charge in [0.1, 0.15) is 0 Å². The van der Waals surface area contributed by atoms with Crippen LogP contribution in [0.25, 0.3) is 0 Å². The van der Waals surface area contributed by atoms with E-state index in [4.69, 9.17) is 5.26 Å². The van der Waals surface area contributed by atoms with Crippen LogP contribution in [0.3, 0.4) is 0 Å². The van der Waals surface area contributed by atoms with E-state index >= 15 is 4.39 Å². The maximum atomic E-state index is 15.3. The van der Waals surface area contributed by atoms with Crippen LogP contribution in [0.2, 0.25) is 0 Å². The van der Waals surface area contributed by atoms with Crippen molar-refractivity contribution in [2.45, 2.75) is 17.8 Å². The van der Waals surface area contributed by atoms with Crippen LogP contribution in [-0.2, 0) is 5.00 Å². The number of anilines is 1. The minimum atomic E-state index is -1.80. The number of likely N-dealkylation sites (tertiary alicyclic amines) is 1. The van der Waals surface area contributed by atoms with Gasteiger partial charge < -0.3 is 10.2 Å². The molecule has 1 aliphatic heterocycles. The van der Waals surface area contributed by atoms with Crippen LogP contribution in [0.1, 0.15) is 24.0 Å². The highest BCUT2D eigenvalue weighted by molar-refractivity contribution is 7.81. The molecule has 1 aromatic carbocycles. The average molecular weight is 371 g/mol. The van der Waals surface area contributed by atoms with Gasteiger partial charge in [0.15, 0.2) is 5.00 Å². The van der Waals surface area contributed by atoms with Crippen molar-refractivity contribution in [3.8, 4) is 6.07 Å². The Kier molecular flexibility index (Phi) is 5.38. The van der Waals surface area contributed by atoms with Crippen molar-refractivity contribution >= 4 is 24.3 Å². The van der Waals surface area contributed by atoms with Crippen LogP contribution < -0.4 is 5.32 Å². The quantitative estimate of drug-likeness (QED) is 0.811. The van der Waals surface area contributed by atoms with E-state index in [1.54, 1.807) is 35.2 Å². The topological polar surface area (TPSA) is 81.9 Å². The third-order valence-electron chi connectivity index (χ3n) is 4.58. The molecule has 1 aromatic heterocycles. The number of benzene rings is 1. The zero-order valence-corrected chi connectivity index (χ0v) is 14.9. The third-order valence-corrected chi connectivity index (χ3v) is 5.20. The van der Waals surface area contributed by atoms with Crippen LogP contribution in [-0.4, -0.2) is 34.2 Å². The van der Waals surface area contributed by atoms with Crippen LogP contribution in [0.4, 0.5) is 14.9 Å². The molecule has 1 atom stereocenters. The van der Waals surface area contributed by atoms with Gasteiger partial charge in [0.2, 0.25) is 0 Å². The molecule has 134 valence electrons. The number of amides is 2. The number of nitriles is 1. The van der Waals surface area contributed by atoms with E-state index in [0.717, 1.165) is 0 Å². The van der Waals surface area contributed by atoms with Gasteiger partial charge >= 0.3 is 6.03 Å². The highest BCUT2D eigenvalue weighted by Crippen LogP contribution is 2.43. The summed E-state index contributed by atoms with van der Waals surface area (Å²) < 4.78 is 15.3. The van der Waals surface area contributed by atoms with E-state index in [9.17, 15) is 4.79 Å². The molecule has 1 saturated heterocycles. The van der Waals surface area contributed by atoms with Gasteiger partial charge in [-0.1, -0.05) is 12.1 Å². The number of nitrogens with zero attached hydrogens (tertiary/aromatic N) is 4. The second-order valence-electron chi connectivity index (χ2n) is 6.19. The Hall–Kier alpha value is -2.66. The molecule has 0 aliphatic carbocycles. The summed E-state index contributed by atoms with van der Waals surface area (Å²) in [6.45, 7) is 0.884. The van der Waals surface area contributed by atoms with Crippen molar-refractivity contribution in [1.82, 2.24) is 15.1 Å². The van der Waals surface area contributed by atoms with Crippen LogP contribution in [0.5, 0.6) is 0 Å². The number of thiol groups is 1. The van der Waals surface area contributed by atoms with Crippen LogP contribution in [0.15, 0.2) is 42.7 Å². The summed E-state index contributed by atoms with van der Waals surface area (Å²) in [6, 6.07) is 9.81. The molecule has 0 spiro atoms. The van der Waals surface area contributed by atoms with Gasteiger partial charge in [-0.2, -0.15) is 15.5 Å². The Labute approximate surface area is 156 Å². The highest BCUT2D eigenvalue weighted by Gasteiger charge is 2.39. The predicted octanol–water partition coefficient (Wildman–Crippen LogP) is 3.34. The monoisotopic (exact) mass is 371 g/mol. The molecule has 1 N–H and O–H groups in total. The first-order valence-electron chi connectivity index (χ1n) is 8.25. The molecule has 0 saturated carbocycles. The van der Waals surface area contributed by atoms with Crippen molar-refractivity contribution in [1.29, 1.82) is 5.26 Å². The number of carbonyl (C=O) groups excluding carboxylic acids is 1. The second kappa shape index (κ2) is 7.70. The summed E-state index contributed by atoms with van der Waals surface area (Å²) in [4.78, 5) is 13.9. The van der Waals surface area contributed by atoms with E-state index < -0.39 is 5.00 Å². The van der Waals surface area contributed by atoms with Gasteiger partial charge in [0, 0.05) is 19.0 Å². The number of halogens is 1. The molecule has 1 aliphatic rings. The third kappa shape index (κ3) is 3.94. The second-order valence-corrected chi connectivity index (χ2v) is 6.84. The maximum absolute atomic E-state index is 15.3. The zero-order valence-electron chi connectivity index (χ0n) is 14.0. The minimum absolute atomic E-state index is 0.238. The molecule has 0 radical (unpaired) electrons. The number of hydrogen-bond acceptors (Lipinski definition) is 5. The number of urea groups is 1. The molecular formula is C18H18FN5OS. The Morgan fingerprint density at radius 2 is 1.96 bits per heavy atom. The van der Waals surface area contributed by atoms with Crippen molar-refractivity contribution < 1.29 is 9.18 Å². The molecule has 1 fully saturated rings. The fourth-order valence-corrected chi connectivity index (χ4v) is 3.45. The van der Waals surface area contributed by atoms with Gasteiger partial charge in [-0.05, 0) is 36.6 Å². The first kappa shape index (κ1) is 18.1. The van der Waals surface area contributed by atoms with Crippen molar-refractivity contribution in [3.05, 3.63) is 53.9 Å². The highest BCUT2D eigenvalue weighted by atomic mass is 32.1. The molecule has 1 unspecified atom stereocenters. The van der Waals surface area contributed by atoms with E-state index in [2.05, 4.69) is 28.1 Å². The lowest BCUT2D eigenvalue weighted by atomic mass is 9.87. The van der Waals surface area contributed by atoms with Gasteiger partial charge in [0.25, 0.3) is 0 Å². The molecule has 6 nitrogen and oxygen atoms in total. The summed E-state index contributed by atoms with van der Waals surface area (Å²) >= 11 is 4.26. The van der Waals surface area contributed by atoms with Gasteiger partial charge in [-0.25, -0.2) is 9.18 Å². The number of nitrogens with one attached hydrogen (secondary N) is 1. The number of hydrogen-bond donors (Lipinski definition) is 2. The Balaban J connectivity index is 1.60. The molecule has 2 amide bonds. The lowest BCUT2D eigenvalue weighted by Crippen LogP contribution is -2.44. The molecule has 2 aromatic rings. The lowest BCUT2D eigenvalue weighted by molar-refractivity contribution is 0.114. The smallest absolute Gasteiger partial charge is 0.321 e. The van der Waals surface area contributed by atoms with Gasteiger partial charge in [-0.15, -0.1) is 12.6 Å². The number of alkyl halides is 1. The summed E-state index contributed by atoms with van der Waals surface area (Å²) in [7, 11) is 0. The molecular weight excluding hydrogens is 353 g/mol. The van der Waals surface area contributed by atoms with Crippen molar-refractivity contribution in [3.63, 3.8) is 0 Å². The van der Waals surface area contributed by atoms with E-state index in [0.29, 0.717) is 42.7 Å². The Morgan fingerprint density at radius 3 is 2.54 bits per heavy atom. The first-order valence-corrected chi connectivity index (χ1v) is 8.70. The maximum Gasteiger partial charge on any atom is 0.321 e. The molecule has 3 rings (SSSR count). The lowest BCUT2D eigenvalue weighted by Gasteiger charge is -2.37. The minimum Gasteiger partial charge on any atom is -0.325 e. The number of piperidine rings is 1. The normalized spacial score (nSPS) is 17.2. The fraction of sp³-hybridized carbons (Fsp3) is 0.333. The van der Waals surface area contributed by atoms with E-state index in [1.807, 2.05) is 6.07 Å². The Morgan fingerprint density at radius 1 is 1.27 bits per heavy atom. The SMILES string of the molecule is N#Cc1ccc(C(F)(S)C2CCN(C(=O)Nc3ccnnc3)CC2)cc1. The van der Waals surface area contributed by atoms with E-state index in [1.165, 1.54) is 12.4 Å².